The molecule has 0 aliphatic rings. The topological polar surface area (TPSA) is 75.3 Å². The number of hydrogen-bond donors (Lipinski definition) is 2. The van der Waals surface area contributed by atoms with Gasteiger partial charge in [0, 0.05) is 17.6 Å². The highest BCUT2D eigenvalue weighted by atomic mass is 32.2. The number of carbonyl (C=O) groups excluding carboxylic acids is 1. The van der Waals surface area contributed by atoms with E-state index in [1.807, 2.05) is 0 Å². The van der Waals surface area contributed by atoms with Crippen LogP contribution in [0.15, 0.2) is 47.4 Å². The first-order chi connectivity index (χ1) is 12.5. The molecule has 0 atom stereocenters. The van der Waals surface area contributed by atoms with Crippen molar-refractivity contribution in [3.8, 4) is 0 Å². The van der Waals surface area contributed by atoms with Gasteiger partial charge < -0.3 is 5.32 Å². The quantitative estimate of drug-likeness (QED) is 0.793. The minimum absolute atomic E-state index is 0.0299. The van der Waals surface area contributed by atoms with Crippen LogP contribution in [0.3, 0.4) is 0 Å². The van der Waals surface area contributed by atoms with Crippen LogP contribution in [-0.4, -0.2) is 26.4 Å². The third-order valence-electron chi connectivity index (χ3n) is 3.84. The first-order valence-corrected chi connectivity index (χ1v) is 10.1. The lowest BCUT2D eigenvalue weighted by Crippen LogP contribution is -2.40. The van der Waals surface area contributed by atoms with Crippen LogP contribution >= 0.6 is 0 Å². The molecule has 2 aromatic carbocycles. The molecule has 0 spiro atoms. The Morgan fingerprint density at radius 3 is 2.41 bits per heavy atom. The molecule has 0 unspecified atom stereocenters. The number of benzene rings is 2. The maximum absolute atomic E-state index is 13.6. The molecule has 0 heterocycles. The summed E-state index contributed by atoms with van der Waals surface area (Å²) in [5.41, 5.74) is 0.819. The molecule has 0 aliphatic heterocycles. The van der Waals surface area contributed by atoms with Gasteiger partial charge in [0.25, 0.3) is 5.91 Å². The predicted octanol–water partition coefficient (Wildman–Crippen LogP) is 3.18. The molecule has 2 N–H and O–H groups in total. The molecule has 0 saturated heterocycles. The summed E-state index contributed by atoms with van der Waals surface area (Å²) >= 11 is 0. The second-order valence-corrected chi connectivity index (χ2v) is 9.11. The summed E-state index contributed by atoms with van der Waals surface area (Å²) in [4.78, 5) is 12.5. The van der Waals surface area contributed by atoms with E-state index in [-0.39, 0.29) is 22.8 Å². The second kappa shape index (κ2) is 8.19. The fourth-order valence-corrected chi connectivity index (χ4v) is 4.03. The SMILES string of the molecule is Cc1ccc(S(=O)(=O)NC(C)(C)C)cc1C(=O)NCCc1ccccc1F. The van der Waals surface area contributed by atoms with Crippen molar-refractivity contribution in [2.24, 2.45) is 0 Å². The molecule has 5 nitrogen and oxygen atoms in total. The highest BCUT2D eigenvalue weighted by Crippen LogP contribution is 2.18. The summed E-state index contributed by atoms with van der Waals surface area (Å²) < 4.78 is 41.2. The molecule has 0 radical (unpaired) electrons. The van der Waals surface area contributed by atoms with Crippen molar-refractivity contribution in [3.05, 3.63) is 65.0 Å². The number of halogens is 1. The van der Waals surface area contributed by atoms with Crippen LogP contribution in [0.2, 0.25) is 0 Å². The van der Waals surface area contributed by atoms with Gasteiger partial charge in [-0.1, -0.05) is 24.3 Å². The summed E-state index contributed by atoms with van der Waals surface area (Å²) in [6.07, 6.45) is 0.348. The molecule has 2 rings (SSSR count). The van der Waals surface area contributed by atoms with Gasteiger partial charge in [-0.3, -0.25) is 4.79 Å². The minimum atomic E-state index is -3.74. The molecule has 0 saturated carbocycles. The second-order valence-electron chi connectivity index (χ2n) is 7.43. The van der Waals surface area contributed by atoms with Crippen LogP contribution in [-0.2, 0) is 16.4 Å². The van der Waals surface area contributed by atoms with Crippen LogP contribution in [0.1, 0.15) is 42.3 Å². The van der Waals surface area contributed by atoms with Crippen LogP contribution in [0.4, 0.5) is 4.39 Å². The van der Waals surface area contributed by atoms with Gasteiger partial charge in [0.1, 0.15) is 5.82 Å². The maximum atomic E-state index is 13.6. The minimum Gasteiger partial charge on any atom is -0.352 e. The third kappa shape index (κ3) is 5.87. The van der Waals surface area contributed by atoms with Crippen molar-refractivity contribution in [1.82, 2.24) is 10.0 Å². The molecule has 7 heteroatoms. The Morgan fingerprint density at radius 1 is 1.11 bits per heavy atom. The van der Waals surface area contributed by atoms with Crippen molar-refractivity contribution in [2.75, 3.05) is 6.54 Å². The highest BCUT2D eigenvalue weighted by Gasteiger charge is 2.23. The monoisotopic (exact) mass is 392 g/mol. The normalized spacial score (nSPS) is 12.0. The Labute approximate surface area is 160 Å². The molecule has 146 valence electrons. The highest BCUT2D eigenvalue weighted by molar-refractivity contribution is 7.89. The number of rotatable bonds is 6. The number of nitrogens with one attached hydrogen (secondary N) is 2. The lowest BCUT2D eigenvalue weighted by Gasteiger charge is -2.20. The van der Waals surface area contributed by atoms with Crippen molar-refractivity contribution >= 4 is 15.9 Å². The Balaban J connectivity index is 2.13. The Morgan fingerprint density at radius 2 is 1.78 bits per heavy atom. The van der Waals surface area contributed by atoms with E-state index in [0.717, 1.165) is 0 Å². The van der Waals surface area contributed by atoms with E-state index >= 15 is 0 Å². The fourth-order valence-electron chi connectivity index (χ4n) is 2.58. The number of aryl methyl sites for hydroxylation is 1. The molecule has 27 heavy (non-hydrogen) atoms. The zero-order valence-corrected chi connectivity index (χ0v) is 16.8. The standard InChI is InChI=1S/C20H25FN2O3S/c1-14-9-10-16(27(25,26)23-20(2,3)4)13-17(14)19(24)22-12-11-15-7-5-6-8-18(15)21/h5-10,13,23H,11-12H2,1-4H3,(H,22,24). The molecule has 2 aromatic rings. The van der Waals surface area contributed by atoms with Gasteiger partial charge in [-0.15, -0.1) is 0 Å². The van der Waals surface area contributed by atoms with Crippen LogP contribution in [0.5, 0.6) is 0 Å². The van der Waals surface area contributed by atoms with Crippen LogP contribution in [0, 0.1) is 12.7 Å². The summed E-state index contributed by atoms with van der Waals surface area (Å²) in [6.45, 7) is 7.22. The first kappa shape index (κ1) is 21.1. The van der Waals surface area contributed by atoms with Gasteiger partial charge >= 0.3 is 0 Å². The molecule has 1 amide bonds. The van der Waals surface area contributed by atoms with E-state index in [2.05, 4.69) is 10.0 Å². The number of amides is 1. The Bertz CT molecular complexity index is 934. The van der Waals surface area contributed by atoms with Gasteiger partial charge in [0.2, 0.25) is 10.0 Å². The lowest BCUT2D eigenvalue weighted by molar-refractivity contribution is 0.0953. The number of hydrogen-bond acceptors (Lipinski definition) is 3. The fraction of sp³-hybridized carbons (Fsp3) is 0.350. The van der Waals surface area contributed by atoms with Crippen LogP contribution in [0.25, 0.3) is 0 Å². The van der Waals surface area contributed by atoms with E-state index < -0.39 is 21.5 Å². The van der Waals surface area contributed by atoms with E-state index in [9.17, 15) is 17.6 Å². The van der Waals surface area contributed by atoms with Crippen LogP contribution < -0.4 is 10.0 Å². The van der Waals surface area contributed by atoms with E-state index in [0.29, 0.717) is 17.5 Å². The van der Waals surface area contributed by atoms with E-state index in [1.165, 1.54) is 18.2 Å². The van der Waals surface area contributed by atoms with E-state index in [4.69, 9.17) is 0 Å². The number of carbonyl (C=O) groups is 1. The molecule has 0 aromatic heterocycles. The van der Waals surface area contributed by atoms with Crippen molar-refractivity contribution in [2.45, 2.75) is 44.6 Å². The lowest BCUT2D eigenvalue weighted by atomic mass is 10.1. The molecular formula is C20H25FN2O3S. The van der Waals surface area contributed by atoms with Gasteiger partial charge in [-0.05, 0) is 63.4 Å². The summed E-state index contributed by atoms with van der Waals surface area (Å²) in [5.74, 6) is -0.707. The maximum Gasteiger partial charge on any atom is 0.251 e. The van der Waals surface area contributed by atoms with Crippen molar-refractivity contribution in [3.63, 3.8) is 0 Å². The predicted molar refractivity (Wildman–Crippen MR) is 104 cm³/mol. The largest absolute Gasteiger partial charge is 0.352 e. The number of sulfonamides is 1. The van der Waals surface area contributed by atoms with Gasteiger partial charge in [0.05, 0.1) is 4.90 Å². The molecule has 0 aliphatic carbocycles. The van der Waals surface area contributed by atoms with Gasteiger partial charge in [-0.25, -0.2) is 17.5 Å². The smallest absolute Gasteiger partial charge is 0.251 e. The average Bonchev–Trinajstić information content (AvgIpc) is 2.54. The average molecular weight is 392 g/mol. The third-order valence-corrected chi connectivity index (χ3v) is 5.60. The van der Waals surface area contributed by atoms with Gasteiger partial charge in [-0.2, -0.15) is 0 Å². The summed E-state index contributed by atoms with van der Waals surface area (Å²) in [6, 6.07) is 10.8. The van der Waals surface area contributed by atoms with Crippen molar-refractivity contribution < 1.29 is 17.6 Å². The first-order valence-electron chi connectivity index (χ1n) is 8.66. The molecular weight excluding hydrogens is 367 g/mol. The zero-order valence-electron chi connectivity index (χ0n) is 16.0. The Hall–Kier alpha value is -2.25. The van der Waals surface area contributed by atoms with Gasteiger partial charge in [0.15, 0.2) is 0 Å². The Kier molecular flexibility index (Phi) is 6.38. The zero-order chi connectivity index (χ0) is 20.2. The van der Waals surface area contributed by atoms with Crippen molar-refractivity contribution in [1.29, 1.82) is 0 Å². The molecule has 0 bridgehead atoms. The molecule has 0 fully saturated rings. The summed E-state index contributed by atoms with van der Waals surface area (Å²) in [5, 5.41) is 2.72. The van der Waals surface area contributed by atoms with E-state index in [1.54, 1.807) is 52.0 Å². The summed E-state index contributed by atoms with van der Waals surface area (Å²) in [7, 11) is -3.74.